The molecule has 7 heteroatoms. The molecule has 0 aromatic heterocycles. The summed E-state index contributed by atoms with van der Waals surface area (Å²) in [5, 5.41) is 9.89. The monoisotopic (exact) mass is 392 g/mol. The highest BCUT2D eigenvalue weighted by Gasteiger charge is 2.37. The lowest BCUT2D eigenvalue weighted by atomic mass is 10.0. The van der Waals surface area contributed by atoms with Gasteiger partial charge in [-0.1, -0.05) is 60.7 Å². The molecule has 1 N–H and O–H groups in total. The summed E-state index contributed by atoms with van der Waals surface area (Å²) in [7, 11) is 4.05. The third kappa shape index (κ3) is 7.34. The van der Waals surface area contributed by atoms with Crippen LogP contribution in [0.5, 0.6) is 0 Å². The van der Waals surface area contributed by atoms with Crippen LogP contribution in [-0.2, 0) is 18.0 Å². The molecule has 0 amide bonds. The van der Waals surface area contributed by atoms with Crippen LogP contribution in [0, 0.1) is 0 Å². The third-order valence-electron chi connectivity index (χ3n) is 3.97. The fourth-order valence-corrected chi connectivity index (χ4v) is 3.90. The van der Waals surface area contributed by atoms with Crippen molar-refractivity contribution in [3.05, 3.63) is 71.8 Å². The molecule has 0 aliphatic carbocycles. The molecule has 1 unspecified atom stereocenters. The summed E-state index contributed by atoms with van der Waals surface area (Å²) in [6.45, 7) is 0.599. The minimum absolute atomic E-state index is 0.271. The van der Waals surface area contributed by atoms with E-state index in [1.807, 2.05) is 12.1 Å². The summed E-state index contributed by atoms with van der Waals surface area (Å²) >= 11 is 0. The van der Waals surface area contributed by atoms with Crippen LogP contribution >= 0.6 is 0 Å². The first-order chi connectivity index (χ1) is 13.0. The zero-order chi connectivity index (χ0) is 20.1. The van der Waals surface area contributed by atoms with Crippen molar-refractivity contribution in [2.45, 2.75) is 12.1 Å². The van der Waals surface area contributed by atoms with E-state index < -0.39 is 14.9 Å². The molecule has 0 bridgehead atoms. The lowest BCUT2D eigenvalue weighted by molar-refractivity contribution is 0.0747. The van der Waals surface area contributed by atoms with Crippen molar-refractivity contribution in [3.8, 4) is 0 Å². The number of ketones is 1. The number of hydrogen-bond donors (Lipinski definition) is 1. The summed E-state index contributed by atoms with van der Waals surface area (Å²) in [6, 6.07) is 18.4. The average molecular weight is 393 g/mol. The Morgan fingerprint density at radius 3 is 1.81 bits per heavy atom. The summed E-state index contributed by atoms with van der Waals surface area (Å²) in [4.78, 5) is 11.9. The second kappa shape index (κ2) is 12.5. The van der Waals surface area contributed by atoms with Gasteiger partial charge < -0.3 is 23.1 Å². The van der Waals surface area contributed by atoms with Gasteiger partial charge in [-0.2, -0.15) is 0 Å². The van der Waals surface area contributed by atoms with Gasteiger partial charge in [-0.15, -0.1) is 0 Å². The summed E-state index contributed by atoms with van der Waals surface area (Å²) in [5.74, 6) is -0.271. The predicted molar refractivity (Wildman–Crippen MR) is 106 cm³/mol. The third-order valence-corrected chi connectivity index (χ3v) is 6.65. The van der Waals surface area contributed by atoms with Crippen LogP contribution in [0.15, 0.2) is 60.7 Å². The number of aliphatic hydroxyl groups is 1. The molecule has 0 spiro atoms. The van der Waals surface area contributed by atoms with E-state index in [-0.39, 0.29) is 5.78 Å². The minimum Gasteiger partial charge on any atom is -0.385 e. The molecular formula is C20H28O6Si. The quantitative estimate of drug-likeness (QED) is 0.522. The van der Waals surface area contributed by atoms with E-state index in [9.17, 15) is 9.90 Å². The van der Waals surface area contributed by atoms with Crippen LogP contribution in [0.2, 0.25) is 6.04 Å². The van der Waals surface area contributed by atoms with E-state index >= 15 is 0 Å². The Hall–Kier alpha value is -1.87. The van der Waals surface area contributed by atoms with E-state index in [2.05, 4.69) is 0 Å². The van der Waals surface area contributed by atoms with Gasteiger partial charge in [0.15, 0.2) is 5.78 Å². The zero-order valence-electron chi connectivity index (χ0n) is 16.3. The van der Waals surface area contributed by atoms with Gasteiger partial charge in [0, 0.05) is 40.0 Å². The first-order valence-electron chi connectivity index (χ1n) is 8.50. The summed E-state index contributed by atoms with van der Waals surface area (Å²) in [6.07, 6.45) is -1.08. The average Bonchev–Trinajstić information content (AvgIpc) is 2.76. The second-order valence-corrected chi connectivity index (χ2v) is 8.67. The number of carbonyl (C=O) groups excluding carboxylic acids is 1. The zero-order valence-corrected chi connectivity index (χ0v) is 17.3. The van der Waals surface area contributed by atoms with E-state index in [1.54, 1.807) is 77.0 Å². The molecule has 1 atom stereocenters. The Morgan fingerprint density at radius 1 is 0.889 bits per heavy atom. The number of rotatable bonds is 9. The number of hydrogen-bond acceptors (Lipinski definition) is 6. The van der Waals surface area contributed by atoms with E-state index in [0.717, 1.165) is 0 Å². The second-order valence-electron chi connectivity index (χ2n) is 5.58. The van der Waals surface area contributed by atoms with Gasteiger partial charge in [0.1, 0.15) is 6.10 Å². The molecule has 0 aliphatic heterocycles. The van der Waals surface area contributed by atoms with Gasteiger partial charge in [-0.05, 0) is 5.56 Å². The first-order valence-corrected chi connectivity index (χ1v) is 10.4. The van der Waals surface area contributed by atoms with Gasteiger partial charge in [0.2, 0.25) is 0 Å². The van der Waals surface area contributed by atoms with Gasteiger partial charge in [0.05, 0.1) is 6.61 Å². The highest BCUT2D eigenvalue weighted by Crippen LogP contribution is 2.17. The highest BCUT2D eigenvalue weighted by atomic mass is 28.4. The van der Waals surface area contributed by atoms with E-state index in [0.29, 0.717) is 23.8 Å². The fraction of sp³-hybridized carbons (Fsp3) is 0.350. The van der Waals surface area contributed by atoms with Crippen LogP contribution in [-0.4, -0.2) is 54.7 Å². The molecule has 2 aromatic carbocycles. The number of ether oxygens (including phenoxy) is 1. The molecule has 27 heavy (non-hydrogen) atoms. The molecule has 2 rings (SSSR count). The number of methoxy groups -OCH3 is 1. The molecular weight excluding hydrogens is 364 g/mol. The SMILES string of the molecule is COCC[Si](OC)(OC)OC.O=C(c1ccccc1)C(O)c1ccccc1. The lowest BCUT2D eigenvalue weighted by Crippen LogP contribution is -2.43. The Kier molecular flexibility index (Phi) is 10.7. The normalized spacial score (nSPS) is 12.0. The van der Waals surface area contributed by atoms with Gasteiger partial charge >= 0.3 is 8.80 Å². The molecule has 0 heterocycles. The minimum atomic E-state index is -2.36. The van der Waals surface area contributed by atoms with Crippen LogP contribution in [0.1, 0.15) is 22.0 Å². The van der Waals surface area contributed by atoms with Crippen molar-refractivity contribution >= 4 is 14.6 Å². The van der Waals surface area contributed by atoms with Crippen LogP contribution in [0.25, 0.3) is 0 Å². The number of Topliss-reactive ketones (excluding diaryl/α,β-unsaturated/α-hetero) is 1. The Labute approximate surface area is 162 Å². The molecule has 148 valence electrons. The molecule has 0 aliphatic rings. The van der Waals surface area contributed by atoms with Crippen LogP contribution < -0.4 is 0 Å². The molecule has 0 saturated carbocycles. The first kappa shape index (κ1) is 23.2. The lowest BCUT2D eigenvalue weighted by Gasteiger charge is -2.23. The Morgan fingerprint density at radius 2 is 1.37 bits per heavy atom. The maximum Gasteiger partial charge on any atom is 0.502 e. The largest absolute Gasteiger partial charge is 0.502 e. The molecule has 6 nitrogen and oxygen atoms in total. The predicted octanol–water partition coefficient (Wildman–Crippen LogP) is 3.11. The highest BCUT2D eigenvalue weighted by molar-refractivity contribution is 6.60. The van der Waals surface area contributed by atoms with Gasteiger partial charge in [-0.3, -0.25) is 4.79 Å². The van der Waals surface area contributed by atoms with Crippen molar-refractivity contribution in [1.82, 2.24) is 0 Å². The van der Waals surface area contributed by atoms with Crippen LogP contribution in [0.3, 0.4) is 0 Å². The van der Waals surface area contributed by atoms with Crippen molar-refractivity contribution in [2.75, 3.05) is 35.0 Å². The van der Waals surface area contributed by atoms with Crippen molar-refractivity contribution < 1.29 is 27.9 Å². The van der Waals surface area contributed by atoms with E-state index in [1.165, 1.54) is 0 Å². The van der Waals surface area contributed by atoms with Crippen LogP contribution in [0.4, 0.5) is 0 Å². The summed E-state index contributed by atoms with van der Waals surface area (Å²) in [5.41, 5.74) is 1.15. The number of benzene rings is 2. The smallest absolute Gasteiger partial charge is 0.385 e. The van der Waals surface area contributed by atoms with Gasteiger partial charge in [-0.25, -0.2) is 0 Å². The van der Waals surface area contributed by atoms with Crippen molar-refractivity contribution in [1.29, 1.82) is 0 Å². The van der Waals surface area contributed by atoms with Crippen molar-refractivity contribution in [3.63, 3.8) is 0 Å². The Balaban J connectivity index is 0.000000293. The molecule has 0 saturated heterocycles. The fourth-order valence-electron chi connectivity index (χ4n) is 2.33. The van der Waals surface area contributed by atoms with E-state index in [4.69, 9.17) is 18.0 Å². The van der Waals surface area contributed by atoms with Gasteiger partial charge in [0.25, 0.3) is 0 Å². The topological polar surface area (TPSA) is 74.2 Å². The maximum absolute atomic E-state index is 11.9. The molecule has 2 aromatic rings. The maximum atomic E-state index is 11.9. The number of aliphatic hydroxyl groups excluding tert-OH is 1. The standard InChI is InChI=1S/C14H12O2.C6H16O4Si/c15-13(11-7-3-1-4-8-11)14(16)12-9-5-2-6-10-12;1-7-5-6-11(8-2,9-3)10-4/h1-10,13,15H;5-6H2,1-4H3. The number of carbonyl (C=O) groups is 1. The Bertz CT molecular complexity index is 638. The molecule has 0 fully saturated rings. The summed E-state index contributed by atoms with van der Waals surface area (Å²) < 4.78 is 20.4. The van der Waals surface area contributed by atoms with Crippen molar-refractivity contribution in [2.24, 2.45) is 0 Å². The molecule has 0 radical (unpaired) electrons.